The molecule has 0 aliphatic carbocycles. The molecule has 0 aliphatic rings. The van der Waals surface area contributed by atoms with Crippen molar-refractivity contribution >= 4 is 23.0 Å². The molecule has 0 saturated heterocycles. The van der Waals surface area contributed by atoms with Crippen LogP contribution in [0.1, 0.15) is 15.2 Å². The van der Waals surface area contributed by atoms with Crippen molar-refractivity contribution in [1.29, 1.82) is 0 Å². The molecule has 0 bridgehead atoms. The quantitative estimate of drug-likeness (QED) is 0.832. The van der Waals surface area contributed by atoms with Crippen LogP contribution < -0.4 is 5.73 Å². The second kappa shape index (κ2) is 4.58. The second-order valence-corrected chi connectivity index (χ2v) is 4.85. The third kappa shape index (κ3) is 2.06. The van der Waals surface area contributed by atoms with Gasteiger partial charge in [0.2, 0.25) is 0 Å². The smallest absolute Gasteiger partial charge is 0.348 e. The minimum Gasteiger partial charge on any atom is -0.477 e. The van der Waals surface area contributed by atoms with Crippen LogP contribution in [0.4, 0.5) is 18.9 Å². The Morgan fingerprint density at radius 3 is 2.42 bits per heavy atom. The van der Waals surface area contributed by atoms with E-state index in [0.29, 0.717) is 5.56 Å². The summed E-state index contributed by atoms with van der Waals surface area (Å²) in [6, 6.07) is 1.83. The van der Waals surface area contributed by atoms with Crippen molar-refractivity contribution in [2.45, 2.75) is 6.92 Å². The van der Waals surface area contributed by atoms with E-state index in [2.05, 4.69) is 0 Å². The Kier molecular flexibility index (Phi) is 3.23. The van der Waals surface area contributed by atoms with Crippen LogP contribution >= 0.6 is 11.3 Å². The summed E-state index contributed by atoms with van der Waals surface area (Å²) < 4.78 is 39.7. The molecule has 0 unspecified atom stereocenters. The summed E-state index contributed by atoms with van der Waals surface area (Å²) in [7, 11) is 0. The highest BCUT2D eigenvalue weighted by Gasteiger charge is 2.22. The van der Waals surface area contributed by atoms with Gasteiger partial charge in [-0.25, -0.2) is 18.0 Å². The number of carbonyl (C=O) groups is 1. The number of nitrogen functional groups attached to an aromatic ring is 1. The molecule has 2 rings (SSSR count). The molecule has 2 aromatic rings. The van der Waals surface area contributed by atoms with Crippen molar-refractivity contribution in [1.82, 2.24) is 0 Å². The molecular weight excluding hydrogens is 279 g/mol. The van der Waals surface area contributed by atoms with Gasteiger partial charge in [-0.15, -0.1) is 11.3 Å². The third-order valence-corrected chi connectivity index (χ3v) is 4.00. The van der Waals surface area contributed by atoms with Crippen molar-refractivity contribution in [3.8, 4) is 10.4 Å². The van der Waals surface area contributed by atoms with Crippen molar-refractivity contribution in [2.24, 2.45) is 0 Å². The van der Waals surface area contributed by atoms with E-state index in [9.17, 15) is 18.0 Å². The molecule has 1 aromatic carbocycles. The van der Waals surface area contributed by atoms with Gasteiger partial charge in [0.25, 0.3) is 0 Å². The zero-order chi connectivity index (χ0) is 14.3. The lowest BCUT2D eigenvalue weighted by Gasteiger charge is -2.03. The first-order valence-electron chi connectivity index (χ1n) is 5.10. The fraction of sp³-hybridized carbons (Fsp3) is 0.0833. The lowest BCUT2D eigenvalue weighted by molar-refractivity contribution is 0.0703. The number of rotatable bonds is 2. The molecule has 3 nitrogen and oxygen atoms in total. The van der Waals surface area contributed by atoms with Crippen molar-refractivity contribution in [2.75, 3.05) is 5.73 Å². The average Bonchev–Trinajstić information content (AvgIpc) is 2.64. The van der Waals surface area contributed by atoms with Crippen molar-refractivity contribution in [3.05, 3.63) is 40.0 Å². The Hall–Kier alpha value is -2.02. The molecule has 0 atom stereocenters. The third-order valence-electron chi connectivity index (χ3n) is 2.67. The molecule has 1 aromatic heterocycles. The van der Waals surface area contributed by atoms with Gasteiger partial charge >= 0.3 is 5.97 Å². The predicted octanol–water partition coefficient (Wildman–Crippen LogP) is 3.42. The number of thiophene rings is 1. The van der Waals surface area contributed by atoms with E-state index < -0.39 is 23.4 Å². The molecule has 3 N–H and O–H groups in total. The van der Waals surface area contributed by atoms with E-state index in [1.807, 2.05) is 0 Å². The Morgan fingerprint density at radius 2 is 1.89 bits per heavy atom. The van der Waals surface area contributed by atoms with Gasteiger partial charge in [-0.05, 0) is 24.6 Å². The van der Waals surface area contributed by atoms with Crippen molar-refractivity contribution < 1.29 is 23.1 Å². The standard InChI is InChI=1S/C12H8F3NO2S/c1-4-9(16)11(12(17)18)19-10(4)5-2-3-6(13)8(15)7(5)14/h2-3H,16H2,1H3,(H,17,18). The first-order chi connectivity index (χ1) is 8.84. The van der Waals surface area contributed by atoms with Crippen LogP contribution in [0.25, 0.3) is 10.4 Å². The van der Waals surface area contributed by atoms with Gasteiger partial charge in [0.05, 0.1) is 5.69 Å². The predicted molar refractivity (Wildman–Crippen MR) is 65.7 cm³/mol. The molecule has 100 valence electrons. The maximum absolute atomic E-state index is 13.7. The molecular formula is C12H8F3NO2S. The van der Waals surface area contributed by atoms with Crippen LogP contribution in [0.2, 0.25) is 0 Å². The van der Waals surface area contributed by atoms with E-state index >= 15 is 0 Å². The Labute approximate surface area is 110 Å². The second-order valence-electron chi connectivity index (χ2n) is 3.83. The van der Waals surface area contributed by atoms with E-state index in [1.165, 1.54) is 6.92 Å². The van der Waals surface area contributed by atoms with Crippen LogP contribution in [0, 0.1) is 24.4 Å². The average molecular weight is 287 g/mol. The highest BCUT2D eigenvalue weighted by atomic mass is 32.1. The van der Waals surface area contributed by atoms with Crippen LogP contribution in [-0.2, 0) is 0 Å². The molecule has 0 spiro atoms. The van der Waals surface area contributed by atoms with Gasteiger partial charge in [-0.3, -0.25) is 0 Å². The molecule has 0 saturated carbocycles. The number of hydrogen-bond donors (Lipinski definition) is 2. The molecule has 0 aliphatic heterocycles. The summed E-state index contributed by atoms with van der Waals surface area (Å²) in [6.07, 6.45) is 0. The van der Waals surface area contributed by atoms with E-state index in [1.54, 1.807) is 0 Å². The molecule has 0 radical (unpaired) electrons. The zero-order valence-electron chi connectivity index (χ0n) is 9.63. The number of hydrogen-bond acceptors (Lipinski definition) is 3. The minimum atomic E-state index is -1.60. The summed E-state index contributed by atoms with van der Waals surface area (Å²) in [4.78, 5) is 10.9. The fourth-order valence-electron chi connectivity index (χ4n) is 1.64. The Morgan fingerprint density at radius 1 is 1.26 bits per heavy atom. The number of carboxylic acids is 1. The summed E-state index contributed by atoms with van der Waals surface area (Å²) in [5.41, 5.74) is 5.71. The van der Waals surface area contributed by atoms with E-state index in [4.69, 9.17) is 10.8 Å². The van der Waals surface area contributed by atoms with Crippen molar-refractivity contribution in [3.63, 3.8) is 0 Å². The molecule has 0 amide bonds. The number of carboxylic acid groups (broad SMARTS) is 1. The van der Waals surface area contributed by atoms with Gasteiger partial charge < -0.3 is 10.8 Å². The monoisotopic (exact) mass is 287 g/mol. The molecule has 7 heteroatoms. The van der Waals surface area contributed by atoms with Gasteiger partial charge in [-0.1, -0.05) is 0 Å². The number of halogens is 3. The van der Waals surface area contributed by atoms with Crippen LogP contribution in [0.5, 0.6) is 0 Å². The van der Waals surface area contributed by atoms with E-state index in [-0.39, 0.29) is 21.0 Å². The topological polar surface area (TPSA) is 63.3 Å². The van der Waals surface area contributed by atoms with Gasteiger partial charge in [0.1, 0.15) is 4.88 Å². The lowest BCUT2D eigenvalue weighted by atomic mass is 10.1. The Bertz CT molecular complexity index is 682. The fourth-order valence-corrected chi connectivity index (χ4v) is 2.73. The first kappa shape index (κ1) is 13.4. The van der Waals surface area contributed by atoms with Crippen LogP contribution in [0.15, 0.2) is 12.1 Å². The summed E-state index contributed by atoms with van der Waals surface area (Å²) in [5.74, 6) is -5.51. The maximum Gasteiger partial charge on any atom is 0.348 e. The maximum atomic E-state index is 13.7. The SMILES string of the molecule is Cc1c(-c2ccc(F)c(F)c2F)sc(C(=O)O)c1N. The van der Waals surface area contributed by atoms with Crippen LogP contribution in [0.3, 0.4) is 0 Å². The molecule has 0 fully saturated rings. The molecule has 19 heavy (non-hydrogen) atoms. The largest absolute Gasteiger partial charge is 0.477 e. The van der Waals surface area contributed by atoms with E-state index in [0.717, 1.165) is 23.5 Å². The zero-order valence-corrected chi connectivity index (χ0v) is 10.4. The number of nitrogens with two attached hydrogens (primary N) is 1. The van der Waals surface area contributed by atoms with Gasteiger partial charge in [0.15, 0.2) is 17.5 Å². The summed E-state index contributed by atoms with van der Waals surface area (Å²) >= 11 is 0.722. The number of aromatic carboxylic acids is 1. The molecule has 1 heterocycles. The van der Waals surface area contributed by atoms with Gasteiger partial charge in [-0.2, -0.15) is 0 Å². The normalized spacial score (nSPS) is 10.7. The van der Waals surface area contributed by atoms with Crippen LogP contribution in [-0.4, -0.2) is 11.1 Å². The summed E-state index contributed by atoms with van der Waals surface area (Å²) in [6.45, 7) is 1.49. The minimum absolute atomic E-state index is 0.00312. The first-order valence-corrected chi connectivity index (χ1v) is 5.92. The highest BCUT2D eigenvalue weighted by Crippen LogP contribution is 2.39. The summed E-state index contributed by atoms with van der Waals surface area (Å²) in [5, 5.41) is 8.92. The lowest BCUT2D eigenvalue weighted by Crippen LogP contribution is -1.98. The number of benzene rings is 1. The number of anilines is 1. The highest BCUT2D eigenvalue weighted by molar-refractivity contribution is 7.18. The van der Waals surface area contributed by atoms with Gasteiger partial charge in [0, 0.05) is 10.4 Å². The Balaban J connectivity index is 2.70.